The number of carbonyl (C=O) groups excluding carboxylic acids is 1. The van der Waals surface area contributed by atoms with Crippen LogP contribution in [0.5, 0.6) is 5.75 Å². The summed E-state index contributed by atoms with van der Waals surface area (Å²) < 4.78 is 5.34. The van der Waals surface area contributed by atoms with E-state index in [-0.39, 0.29) is 24.2 Å². The van der Waals surface area contributed by atoms with Crippen molar-refractivity contribution in [3.05, 3.63) is 24.3 Å². The highest BCUT2D eigenvalue weighted by atomic mass is 35.5. The van der Waals surface area contributed by atoms with Crippen molar-refractivity contribution in [2.24, 2.45) is 11.7 Å². The summed E-state index contributed by atoms with van der Waals surface area (Å²) in [6.07, 6.45) is 0. The van der Waals surface area contributed by atoms with Gasteiger partial charge < -0.3 is 15.8 Å². The summed E-state index contributed by atoms with van der Waals surface area (Å²) in [5.41, 5.74) is 6.15. The number of hydrogen-bond donors (Lipinski definition) is 2. The highest BCUT2D eigenvalue weighted by Crippen LogP contribution is 2.17. The zero-order valence-corrected chi connectivity index (χ0v) is 10.9. The average molecular weight is 259 g/mol. The molecule has 1 aromatic carbocycles. The van der Waals surface area contributed by atoms with Crippen molar-refractivity contribution in [2.75, 3.05) is 18.5 Å². The molecule has 0 heterocycles. The topological polar surface area (TPSA) is 64.3 Å². The molecule has 0 aliphatic carbocycles. The zero-order valence-electron chi connectivity index (χ0n) is 10.1. The summed E-state index contributed by atoms with van der Waals surface area (Å²) in [5, 5.41) is 2.79. The lowest BCUT2D eigenvalue weighted by Gasteiger charge is -2.11. The Bertz CT molecular complexity index is 358. The van der Waals surface area contributed by atoms with Crippen LogP contribution in [0.3, 0.4) is 0 Å². The van der Waals surface area contributed by atoms with Gasteiger partial charge in [0.2, 0.25) is 5.91 Å². The highest BCUT2D eigenvalue weighted by molar-refractivity contribution is 5.92. The van der Waals surface area contributed by atoms with Crippen LogP contribution in [0.4, 0.5) is 5.69 Å². The Morgan fingerprint density at radius 2 is 2.24 bits per heavy atom. The second-order valence-electron chi connectivity index (χ2n) is 3.59. The fourth-order valence-corrected chi connectivity index (χ4v) is 1.20. The molecule has 1 atom stereocenters. The molecule has 1 unspecified atom stereocenters. The summed E-state index contributed by atoms with van der Waals surface area (Å²) in [6, 6.07) is 7.31. The average Bonchev–Trinajstić information content (AvgIpc) is 2.29. The number of benzene rings is 1. The second kappa shape index (κ2) is 7.92. The Labute approximate surface area is 108 Å². The summed E-state index contributed by atoms with van der Waals surface area (Å²) in [4.78, 5) is 11.6. The van der Waals surface area contributed by atoms with Crippen LogP contribution in [0, 0.1) is 5.92 Å². The molecule has 1 amide bonds. The number of carbonyl (C=O) groups is 1. The first-order valence-electron chi connectivity index (χ1n) is 5.41. The van der Waals surface area contributed by atoms with Crippen molar-refractivity contribution in [3.8, 4) is 5.75 Å². The molecule has 0 spiro atoms. The molecule has 0 bridgehead atoms. The maximum absolute atomic E-state index is 11.6. The molecular weight excluding hydrogens is 240 g/mol. The SMILES string of the molecule is CCOc1cccc(NC(=O)C(C)CN)c1.Cl. The van der Waals surface area contributed by atoms with Gasteiger partial charge in [0, 0.05) is 24.2 Å². The number of hydrogen-bond acceptors (Lipinski definition) is 3. The minimum Gasteiger partial charge on any atom is -0.494 e. The van der Waals surface area contributed by atoms with Crippen LogP contribution in [0.2, 0.25) is 0 Å². The molecule has 0 saturated carbocycles. The van der Waals surface area contributed by atoms with Gasteiger partial charge in [-0.25, -0.2) is 0 Å². The normalized spacial score (nSPS) is 11.2. The third kappa shape index (κ3) is 5.06. The van der Waals surface area contributed by atoms with Crippen LogP contribution < -0.4 is 15.8 Å². The second-order valence-corrected chi connectivity index (χ2v) is 3.59. The lowest BCUT2D eigenvalue weighted by molar-refractivity contribution is -0.119. The summed E-state index contributed by atoms with van der Waals surface area (Å²) in [7, 11) is 0. The minimum absolute atomic E-state index is 0. The largest absolute Gasteiger partial charge is 0.494 e. The molecule has 0 saturated heterocycles. The van der Waals surface area contributed by atoms with E-state index in [1.165, 1.54) is 0 Å². The number of amides is 1. The van der Waals surface area contributed by atoms with Crippen molar-refractivity contribution >= 4 is 24.0 Å². The molecule has 3 N–H and O–H groups in total. The number of nitrogens with two attached hydrogens (primary N) is 1. The van der Waals surface area contributed by atoms with E-state index in [9.17, 15) is 4.79 Å². The lowest BCUT2D eigenvalue weighted by Crippen LogP contribution is -2.26. The van der Waals surface area contributed by atoms with E-state index in [0.29, 0.717) is 13.2 Å². The molecule has 0 fully saturated rings. The molecule has 0 aliphatic rings. The van der Waals surface area contributed by atoms with Crippen molar-refractivity contribution in [2.45, 2.75) is 13.8 Å². The Balaban J connectivity index is 0.00000256. The van der Waals surface area contributed by atoms with Gasteiger partial charge >= 0.3 is 0 Å². The first kappa shape index (κ1) is 15.7. The molecular formula is C12H19ClN2O2. The van der Waals surface area contributed by atoms with Crippen molar-refractivity contribution in [1.82, 2.24) is 0 Å². The van der Waals surface area contributed by atoms with Crippen LogP contribution in [0.25, 0.3) is 0 Å². The molecule has 0 aromatic heterocycles. The molecule has 1 aromatic rings. The fourth-order valence-electron chi connectivity index (χ4n) is 1.20. The predicted octanol–water partition coefficient (Wildman–Crippen LogP) is 2.04. The summed E-state index contributed by atoms with van der Waals surface area (Å²) >= 11 is 0. The molecule has 4 nitrogen and oxygen atoms in total. The van der Waals surface area contributed by atoms with Gasteiger partial charge in [-0.2, -0.15) is 0 Å². The van der Waals surface area contributed by atoms with Gasteiger partial charge in [-0.15, -0.1) is 12.4 Å². The van der Waals surface area contributed by atoms with E-state index in [1.807, 2.05) is 25.1 Å². The first-order chi connectivity index (χ1) is 7.67. The first-order valence-corrected chi connectivity index (χ1v) is 5.41. The molecule has 0 radical (unpaired) electrons. The number of ether oxygens (including phenoxy) is 1. The van der Waals surface area contributed by atoms with Gasteiger partial charge in [-0.05, 0) is 19.1 Å². The van der Waals surface area contributed by atoms with E-state index in [1.54, 1.807) is 13.0 Å². The quantitative estimate of drug-likeness (QED) is 0.850. The monoisotopic (exact) mass is 258 g/mol. The number of rotatable bonds is 5. The van der Waals surface area contributed by atoms with Crippen LogP contribution in [0.1, 0.15) is 13.8 Å². The van der Waals surface area contributed by atoms with Gasteiger partial charge in [-0.1, -0.05) is 13.0 Å². The molecule has 5 heteroatoms. The predicted molar refractivity (Wildman–Crippen MR) is 71.7 cm³/mol. The van der Waals surface area contributed by atoms with Crippen LogP contribution in [-0.4, -0.2) is 19.1 Å². The van der Waals surface area contributed by atoms with Gasteiger partial charge in [0.15, 0.2) is 0 Å². The third-order valence-electron chi connectivity index (χ3n) is 2.21. The number of anilines is 1. The molecule has 1 rings (SSSR count). The van der Waals surface area contributed by atoms with Crippen molar-refractivity contribution in [1.29, 1.82) is 0 Å². The van der Waals surface area contributed by atoms with Crippen molar-refractivity contribution < 1.29 is 9.53 Å². The van der Waals surface area contributed by atoms with E-state index < -0.39 is 0 Å². The maximum atomic E-state index is 11.6. The smallest absolute Gasteiger partial charge is 0.228 e. The van der Waals surface area contributed by atoms with E-state index in [0.717, 1.165) is 11.4 Å². The molecule has 96 valence electrons. The Morgan fingerprint density at radius 1 is 1.53 bits per heavy atom. The summed E-state index contributed by atoms with van der Waals surface area (Å²) in [5.74, 6) is 0.493. The number of halogens is 1. The standard InChI is InChI=1S/C12H18N2O2.ClH/c1-3-16-11-6-4-5-10(7-11)14-12(15)9(2)8-13;/h4-7,9H,3,8,13H2,1-2H3,(H,14,15);1H. The Morgan fingerprint density at radius 3 is 2.82 bits per heavy atom. The fraction of sp³-hybridized carbons (Fsp3) is 0.417. The Hall–Kier alpha value is -1.26. The zero-order chi connectivity index (χ0) is 12.0. The van der Waals surface area contributed by atoms with E-state index in [4.69, 9.17) is 10.5 Å². The van der Waals surface area contributed by atoms with Gasteiger partial charge in [0.25, 0.3) is 0 Å². The maximum Gasteiger partial charge on any atom is 0.228 e. The van der Waals surface area contributed by atoms with Crippen molar-refractivity contribution in [3.63, 3.8) is 0 Å². The Kier molecular flexibility index (Phi) is 7.34. The third-order valence-corrected chi connectivity index (χ3v) is 2.21. The van der Waals surface area contributed by atoms with E-state index >= 15 is 0 Å². The highest BCUT2D eigenvalue weighted by Gasteiger charge is 2.10. The van der Waals surface area contributed by atoms with Gasteiger partial charge in [0.1, 0.15) is 5.75 Å². The van der Waals surface area contributed by atoms with E-state index in [2.05, 4.69) is 5.32 Å². The summed E-state index contributed by atoms with van der Waals surface area (Å²) in [6.45, 7) is 4.66. The lowest BCUT2D eigenvalue weighted by atomic mass is 10.1. The van der Waals surface area contributed by atoms with Crippen LogP contribution in [-0.2, 0) is 4.79 Å². The van der Waals surface area contributed by atoms with Gasteiger partial charge in [0.05, 0.1) is 6.61 Å². The number of nitrogens with one attached hydrogen (secondary N) is 1. The van der Waals surface area contributed by atoms with Gasteiger partial charge in [-0.3, -0.25) is 4.79 Å². The minimum atomic E-state index is -0.184. The van der Waals surface area contributed by atoms with Crippen LogP contribution in [0.15, 0.2) is 24.3 Å². The molecule has 0 aliphatic heterocycles. The molecule has 17 heavy (non-hydrogen) atoms. The van der Waals surface area contributed by atoms with Crippen LogP contribution >= 0.6 is 12.4 Å².